The molecule has 0 aliphatic heterocycles. The van der Waals surface area contributed by atoms with Crippen molar-refractivity contribution in [1.29, 1.82) is 0 Å². The van der Waals surface area contributed by atoms with E-state index in [4.69, 9.17) is 9.47 Å². The van der Waals surface area contributed by atoms with Crippen LogP contribution in [0.3, 0.4) is 0 Å². The van der Waals surface area contributed by atoms with Crippen LogP contribution in [0.1, 0.15) is 15.9 Å². The third-order valence-corrected chi connectivity index (χ3v) is 3.47. The van der Waals surface area contributed by atoms with E-state index in [1.807, 2.05) is 0 Å². The first-order valence-corrected chi connectivity index (χ1v) is 8.13. The predicted octanol–water partition coefficient (Wildman–Crippen LogP) is 4.62. The SMILES string of the molecule is C=CCOc1ccc(/C=C/C(=O)c2cccc([N+](=O)[O-])c2)c(OCC=C)c1. The fourth-order valence-electron chi connectivity index (χ4n) is 2.21. The van der Waals surface area contributed by atoms with E-state index >= 15 is 0 Å². The van der Waals surface area contributed by atoms with Crippen molar-refractivity contribution >= 4 is 17.5 Å². The number of nitrogens with zero attached hydrogens (tertiary/aromatic N) is 1. The van der Waals surface area contributed by atoms with Crippen molar-refractivity contribution in [2.45, 2.75) is 0 Å². The summed E-state index contributed by atoms with van der Waals surface area (Å²) in [6.45, 7) is 7.88. The molecule has 2 rings (SSSR count). The molecule has 27 heavy (non-hydrogen) atoms. The highest BCUT2D eigenvalue weighted by atomic mass is 16.6. The summed E-state index contributed by atoms with van der Waals surface area (Å²) in [5.74, 6) is 0.788. The van der Waals surface area contributed by atoms with Gasteiger partial charge in [0.15, 0.2) is 5.78 Å². The molecular formula is C21H19NO5. The fraction of sp³-hybridized carbons (Fsp3) is 0.0952. The van der Waals surface area contributed by atoms with Gasteiger partial charge in [-0.1, -0.05) is 37.4 Å². The summed E-state index contributed by atoms with van der Waals surface area (Å²) < 4.78 is 11.1. The van der Waals surface area contributed by atoms with Gasteiger partial charge < -0.3 is 9.47 Å². The molecule has 0 saturated carbocycles. The van der Waals surface area contributed by atoms with Gasteiger partial charge in [0, 0.05) is 29.3 Å². The Balaban J connectivity index is 2.24. The lowest BCUT2D eigenvalue weighted by Gasteiger charge is -2.10. The van der Waals surface area contributed by atoms with Crippen LogP contribution in [0.25, 0.3) is 6.08 Å². The van der Waals surface area contributed by atoms with Gasteiger partial charge >= 0.3 is 0 Å². The predicted molar refractivity (Wildman–Crippen MR) is 104 cm³/mol. The largest absolute Gasteiger partial charge is 0.489 e. The van der Waals surface area contributed by atoms with E-state index < -0.39 is 4.92 Å². The summed E-state index contributed by atoms with van der Waals surface area (Å²) in [5.41, 5.74) is 0.773. The second-order valence-corrected chi connectivity index (χ2v) is 5.40. The Morgan fingerprint density at radius 2 is 1.81 bits per heavy atom. The Morgan fingerprint density at radius 3 is 2.52 bits per heavy atom. The molecule has 0 heterocycles. The van der Waals surface area contributed by atoms with Gasteiger partial charge in [-0.3, -0.25) is 14.9 Å². The van der Waals surface area contributed by atoms with Crippen LogP contribution in [0.15, 0.2) is 73.9 Å². The first-order chi connectivity index (χ1) is 13.0. The van der Waals surface area contributed by atoms with Gasteiger partial charge in [-0.2, -0.15) is 0 Å². The molecule has 6 heteroatoms. The number of carbonyl (C=O) groups is 1. The molecule has 0 aliphatic rings. The van der Waals surface area contributed by atoms with Crippen molar-refractivity contribution in [2.75, 3.05) is 13.2 Å². The zero-order valence-electron chi connectivity index (χ0n) is 14.7. The molecule has 0 fully saturated rings. The van der Waals surface area contributed by atoms with Gasteiger partial charge in [0.1, 0.15) is 24.7 Å². The summed E-state index contributed by atoms with van der Waals surface area (Å²) >= 11 is 0. The lowest BCUT2D eigenvalue weighted by atomic mass is 10.1. The van der Waals surface area contributed by atoms with Crippen LogP contribution in [0, 0.1) is 10.1 Å². The highest BCUT2D eigenvalue weighted by Crippen LogP contribution is 2.26. The van der Waals surface area contributed by atoms with Crippen molar-refractivity contribution in [3.05, 3.63) is 95.1 Å². The number of hydrogen-bond acceptors (Lipinski definition) is 5. The van der Waals surface area contributed by atoms with E-state index in [0.29, 0.717) is 30.3 Å². The van der Waals surface area contributed by atoms with Crippen molar-refractivity contribution in [3.63, 3.8) is 0 Å². The van der Waals surface area contributed by atoms with Crippen molar-refractivity contribution in [2.24, 2.45) is 0 Å². The molecule has 0 amide bonds. The summed E-state index contributed by atoms with van der Waals surface area (Å²) in [4.78, 5) is 22.6. The highest BCUT2D eigenvalue weighted by molar-refractivity contribution is 6.07. The van der Waals surface area contributed by atoms with Crippen LogP contribution in [-0.2, 0) is 0 Å². The normalized spacial score (nSPS) is 10.4. The molecule has 0 aliphatic carbocycles. The Hall–Kier alpha value is -3.67. The van der Waals surface area contributed by atoms with Crippen molar-refractivity contribution < 1.29 is 19.2 Å². The van der Waals surface area contributed by atoms with Crippen LogP contribution >= 0.6 is 0 Å². The Labute approximate surface area is 157 Å². The molecular weight excluding hydrogens is 346 g/mol. The van der Waals surface area contributed by atoms with E-state index in [1.54, 1.807) is 36.4 Å². The van der Waals surface area contributed by atoms with Gasteiger partial charge in [0.05, 0.1) is 4.92 Å². The minimum absolute atomic E-state index is 0.132. The monoisotopic (exact) mass is 365 g/mol. The minimum Gasteiger partial charge on any atom is -0.489 e. The Kier molecular flexibility index (Phi) is 7.07. The molecule has 138 valence electrons. The summed E-state index contributed by atoms with van der Waals surface area (Å²) in [7, 11) is 0. The molecule has 0 unspecified atom stereocenters. The van der Waals surface area contributed by atoms with Crippen LogP contribution < -0.4 is 9.47 Å². The second-order valence-electron chi connectivity index (χ2n) is 5.40. The number of benzene rings is 2. The number of non-ortho nitro benzene ring substituents is 1. The smallest absolute Gasteiger partial charge is 0.270 e. The maximum absolute atomic E-state index is 12.3. The number of ether oxygens (including phenoxy) is 2. The number of ketones is 1. The van der Waals surface area contributed by atoms with E-state index in [0.717, 1.165) is 0 Å². The third-order valence-electron chi connectivity index (χ3n) is 3.47. The standard InChI is InChI=1S/C21H19NO5/c1-3-12-26-19-10-8-16(21(15-19)27-13-4-2)9-11-20(23)17-6-5-7-18(14-17)22(24)25/h3-11,14-15H,1-2,12-13H2/b11-9+. The number of hydrogen-bond donors (Lipinski definition) is 0. The molecule has 0 bridgehead atoms. The van der Waals surface area contributed by atoms with Crippen LogP contribution in [0.2, 0.25) is 0 Å². The first kappa shape index (κ1) is 19.7. The maximum Gasteiger partial charge on any atom is 0.270 e. The van der Waals surface area contributed by atoms with Crippen molar-refractivity contribution in [3.8, 4) is 11.5 Å². The molecule has 0 N–H and O–H groups in total. The summed E-state index contributed by atoms with van der Waals surface area (Å²) in [6, 6.07) is 10.8. The van der Waals surface area contributed by atoms with Gasteiger partial charge in [-0.05, 0) is 24.3 Å². The van der Waals surface area contributed by atoms with E-state index in [1.165, 1.54) is 30.3 Å². The first-order valence-electron chi connectivity index (χ1n) is 8.13. The van der Waals surface area contributed by atoms with Crippen LogP contribution in [-0.4, -0.2) is 23.9 Å². The van der Waals surface area contributed by atoms with Gasteiger partial charge in [0.25, 0.3) is 5.69 Å². The zero-order chi connectivity index (χ0) is 19.6. The lowest BCUT2D eigenvalue weighted by Crippen LogP contribution is -1.99. The zero-order valence-corrected chi connectivity index (χ0v) is 14.7. The number of carbonyl (C=O) groups excluding carboxylic acids is 1. The lowest BCUT2D eigenvalue weighted by molar-refractivity contribution is -0.384. The molecule has 0 atom stereocenters. The number of allylic oxidation sites excluding steroid dienone is 1. The average Bonchev–Trinajstić information content (AvgIpc) is 2.69. The number of nitro groups is 1. The van der Waals surface area contributed by atoms with Gasteiger partial charge in [-0.15, -0.1) is 0 Å². The molecule has 0 radical (unpaired) electrons. The molecule has 0 saturated heterocycles. The number of nitro benzene ring substituents is 1. The summed E-state index contributed by atoms with van der Waals surface area (Å²) in [5, 5.41) is 10.8. The Bertz CT molecular complexity index is 886. The fourth-order valence-corrected chi connectivity index (χ4v) is 2.21. The molecule has 2 aromatic rings. The maximum atomic E-state index is 12.3. The minimum atomic E-state index is -0.538. The van der Waals surface area contributed by atoms with Crippen LogP contribution in [0.5, 0.6) is 11.5 Å². The topological polar surface area (TPSA) is 78.7 Å². The van der Waals surface area contributed by atoms with Crippen LogP contribution in [0.4, 0.5) is 5.69 Å². The third kappa shape index (κ3) is 5.67. The number of rotatable bonds is 10. The molecule has 0 spiro atoms. The molecule has 0 aromatic heterocycles. The van der Waals surface area contributed by atoms with Gasteiger partial charge in [0.2, 0.25) is 0 Å². The molecule has 2 aromatic carbocycles. The van der Waals surface area contributed by atoms with E-state index in [2.05, 4.69) is 13.2 Å². The van der Waals surface area contributed by atoms with E-state index in [9.17, 15) is 14.9 Å². The van der Waals surface area contributed by atoms with E-state index in [-0.39, 0.29) is 17.0 Å². The molecule has 6 nitrogen and oxygen atoms in total. The summed E-state index contributed by atoms with van der Waals surface area (Å²) in [6.07, 6.45) is 6.19. The Morgan fingerprint density at radius 1 is 1.07 bits per heavy atom. The quantitative estimate of drug-likeness (QED) is 0.202. The average molecular weight is 365 g/mol. The second kappa shape index (κ2) is 9.72. The highest BCUT2D eigenvalue weighted by Gasteiger charge is 2.10. The van der Waals surface area contributed by atoms with Crippen molar-refractivity contribution in [1.82, 2.24) is 0 Å². The van der Waals surface area contributed by atoms with Gasteiger partial charge in [-0.25, -0.2) is 0 Å².